The molecule has 0 fully saturated rings. The van der Waals surface area contributed by atoms with Gasteiger partial charge >= 0.3 is 0 Å². The van der Waals surface area contributed by atoms with Gasteiger partial charge in [0.1, 0.15) is 11.5 Å². The van der Waals surface area contributed by atoms with Gasteiger partial charge in [0.2, 0.25) is 5.91 Å². The van der Waals surface area contributed by atoms with Crippen LogP contribution in [0.4, 0.5) is 11.5 Å². The molecule has 0 unspecified atom stereocenters. The van der Waals surface area contributed by atoms with Gasteiger partial charge in [-0.05, 0) is 67.1 Å². The van der Waals surface area contributed by atoms with E-state index in [1.54, 1.807) is 91.9 Å². The van der Waals surface area contributed by atoms with Gasteiger partial charge in [-0.1, -0.05) is 29.4 Å². The fourth-order valence-corrected chi connectivity index (χ4v) is 4.34. The lowest BCUT2D eigenvalue weighted by Gasteiger charge is -2.13. The maximum atomic E-state index is 13.3. The third-order valence-corrected chi connectivity index (χ3v) is 6.64. The highest BCUT2D eigenvalue weighted by molar-refractivity contribution is 8.00. The summed E-state index contributed by atoms with van der Waals surface area (Å²) in [6.45, 7) is 1.74. The number of carbonyl (C=O) groups is 3. The Morgan fingerprint density at radius 1 is 0.902 bits per heavy atom. The molecule has 4 rings (SSSR count). The number of aromatic nitrogens is 1. The summed E-state index contributed by atoms with van der Waals surface area (Å²) in [5, 5.41) is 11.9. The number of hydrogen-bond donors (Lipinski definition) is 3. The topological polar surface area (TPSA) is 132 Å². The lowest BCUT2D eigenvalue weighted by molar-refractivity contribution is -0.114. The van der Waals surface area contributed by atoms with E-state index in [9.17, 15) is 14.4 Å². The van der Waals surface area contributed by atoms with Gasteiger partial charge in [0.25, 0.3) is 11.8 Å². The number of hydrogen-bond acceptors (Lipinski definition) is 8. The third-order valence-electron chi connectivity index (χ3n) is 5.62. The monoisotopic (exact) mass is 572 g/mol. The van der Waals surface area contributed by atoms with Gasteiger partial charge in [0.05, 0.1) is 20.0 Å². The zero-order valence-corrected chi connectivity index (χ0v) is 23.4. The number of benzene rings is 3. The van der Waals surface area contributed by atoms with Crippen LogP contribution in [-0.2, 0) is 9.59 Å². The predicted molar refractivity (Wildman–Crippen MR) is 157 cm³/mol. The molecule has 0 spiro atoms. The summed E-state index contributed by atoms with van der Waals surface area (Å²) in [6.07, 6.45) is 1.55. The molecule has 0 saturated heterocycles. The highest BCUT2D eigenvalue weighted by atomic mass is 32.2. The van der Waals surface area contributed by atoms with Crippen LogP contribution in [0.1, 0.15) is 21.7 Å². The first-order chi connectivity index (χ1) is 19.8. The van der Waals surface area contributed by atoms with Crippen molar-refractivity contribution in [1.29, 1.82) is 0 Å². The molecule has 41 heavy (non-hydrogen) atoms. The third kappa shape index (κ3) is 8.23. The molecule has 0 bridgehead atoms. The van der Waals surface area contributed by atoms with Crippen LogP contribution in [0.3, 0.4) is 0 Å². The Morgan fingerprint density at radius 2 is 1.63 bits per heavy atom. The Hall–Kier alpha value is -5.03. The number of nitrogens with one attached hydrogen (secondary N) is 3. The molecule has 3 aromatic carbocycles. The van der Waals surface area contributed by atoms with E-state index in [0.29, 0.717) is 39.9 Å². The fourth-order valence-electron chi connectivity index (χ4n) is 3.64. The van der Waals surface area contributed by atoms with Gasteiger partial charge in [-0.15, -0.1) is 11.8 Å². The normalized spacial score (nSPS) is 11.0. The van der Waals surface area contributed by atoms with E-state index in [2.05, 4.69) is 21.1 Å². The molecule has 3 amide bonds. The molecule has 10 nitrogen and oxygen atoms in total. The second-order valence-corrected chi connectivity index (χ2v) is 9.68. The van der Waals surface area contributed by atoms with Crippen LogP contribution in [0.15, 0.2) is 94.0 Å². The number of rotatable bonds is 11. The number of methoxy groups -OCH3 is 2. The van der Waals surface area contributed by atoms with Crippen molar-refractivity contribution in [3.05, 3.63) is 101 Å². The molecule has 0 atom stereocenters. The molecule has 0 aliphatic rings. The van der Waals surface area contributed by atoms with Gasteiger partial charge in [-0.3, -0.25) is 14.4 Å². The minimum absolute atomic E-state index is 0.0317. The summed E-state index contributed by atoms with van der Waals surface area (Å²) < 4.78 is 15.6. The molecular formula is C30H28N4O6S. The first kappa shape index (κ1) is 29.0. The highest BCUT2D eigenvalue weighted by Gasteiger charge is 2.16. The summed E-state index contributed by atoms with van der Waals surface area (Å²) >= 11 is 1.33. The first-order valence-electron chi connectivity index (χ1n) is 12.4. The molecule has 210 valence electrons. The second kappa shape index (κ2) is 13.9. The van der Waals surface area contributed by atoms with Crippen LogP contribution in [0.5, 0.6) is 11.5 Å². The van der Waals surface area contributed by atoms with Gasteiger partial charge in [0.15, 0.2) is 17.3 Å². The summed E-state index contributed by atoms with van der Waals surface area (Å²) in [5.41, 5.74) is 1.56. The molecule has 3 N–H and O–H groups in total. The maximum Gasteiger partial charge on any atom is 0.272 e. The van der Waals surface area contributed by atoms with E-state index in [1.807, 2.05) is 0 Å². The molecule has 11 heteroatoms. The maximum absolute atomic E-state index is 13.3. The Balaban J connectivity index is 1.45. The van der Waals surface area contributed by atoms with Crippen LogP contribution in [0.25, 0.3) is 6.08 Å². The van der Waals surface area contributed by atoms with Gasteiger partial charge in [0, 0.05) is 22.2 Å². The Bertz CT molecular complexity index is 1550. The van der Waals surface area contributed by atoms with Crippen LogP contribution in [0, 0.1) is 6.92 Å². The van der Waals surface area contributed by atoms with Crippen LogP contribution < -0.4 is 25.4 Å². The lowest BCUT2D eigenvalue weighted by atomic mass is 10.1. The number of thioether (sulfide) groups is 1. The quantitative estimate of drug-likeness (QED) is 0.166. The Kier molecular flexibility index (Phi) is 9.79. The Labute approximate surface area is 241 Å². The van der Waals surface area contributed by atoms with Crippen LogP contribution in [-0.4, -0.2) is 42.9 Å². The number of anilines is 2. The average molecular weight is 573 g/mol. The Morgan fingerprint density at radius 3 is 2.29 bits per heavy atom. The van der Waals surface area contributed by atoms with Crippen molar-refractivity contribution in [2.75, 3.05) is 30.6 Å². The molecule has 0 saturated carbocycles. The van der Waals surface area contributed by atoms with Crippen molar-refractivity contribution in [2.24, 2.45) is 0 Å². The highest BCUT2D eigenvalue weighted by Crippen LogP contribution is 2.28. The summed E-state index contributed by atoms with van der Waals surface area (Å²) in [5.74, 6) is 0.974. The molecule has 1 aromatic heterocycles. The largest absolute Gasteiger partial charge is 0.493 e. The van der Waals surface area contributed by atoms with Gasteiger partial charge in [-0.2, -0.15) is 0 Å². The average Bonchev–Trinajstić information content (AvgIpc) is 3.40. The smallest absolute Gasteiger partial charge is 0.272 e. The van der Waals surface area contributed by atoms with E-state index in [1.165, 1.54) is 26.0 Å². The van der Waals surface area contributed by atoms with Gasteiger partial charge in [-0.25, -0.2) is 0 Å². The second-order valence-electron chi connectivity index (χ2n) is 8.63. The molecular weight excluding hydrogens is 544 g/mol. The summed E-state index contributed by atoms with van der Waals surface area (Å²) in [4.78, 5) is 39.2. The molecule has 0 aliphatic carbocycles. The molecule has 4 aromatic rings. The van der Waals surface area contributed by atoms with E-state index in [-0.39, 0.29) is 17.4 Å². The number of amides is 3. The van der Waals surface area contributed by atoms with Crippen molar-refractivity contribution >= 4 is 47.1 Å². The van der Waals surface area contributed by atoms with Crippen molar-refractivity contribution in [2.45, 2.75) is 11.8 Å². The zero-order valence-electron chi connectivity index (χ0n) is 22.6. The number of nitrogens with zero attached hydrogens (tertiary/aromatic N) is 1. The van der Waals surface area contributed by atoms with Crippen molar-refractivity contribution in [3.8, 4) is 11.5 Å². The summed E-state index contributed by atoms with van der Waals surface area (Å²) in [6, 6.07) is 22.4. The van der Waals surface area contributed by atoms with E-state index < -0.39 is 11.8 Å². The zero-order chi connectivity index (χ0) is 29.2. The first-order valence-corrected chi connectivity index (χ1v) is 13.4. The summed E-state index contributed by atoms with van der Waals surface area (Å²) in [7, 11) is 3.05. The number of aryl methyl sites for hydroxylation is 1. The van der Waals surface area contributed by atoms with Crippen molar-refractivity contribution < 1.29 is 28.4 Å². The van der Waals surface area contributed by atoms with Crippen molar-refractivity contribution in [3.63, 3.8) is 0 Å². The van der Waals surface area contributed by atoms with Crippen LogP contribution >= 0.6 is 11.8 Å². The SMILES string of the molecule is COc1ccc(/C=C(\NC(=O)c2ccccc2)C(=O)Nc2ccc(SCC(=O)Nc3cc(C)on3)cc2)cc1OC. The number of ether oxygens (including phenoxy) is 2. The minimum Gasteiger partial charge on any atom is -0.493 e. The molecule has 0 radical (unpaired) electrons. The fraction of sp³-hybridized carbons (Fsp3) is 0.133. The lowest BCUT2D eigenvalue weighted by Crippen LogP contribution is -2.30. The standard InChI is InChI=1S/C30H28N4O6S/c1-19-15-27(34-40-19)33-28(35)18-41-23-12-10-22(11-13-23)31-30(37)24(32-29(36)21-7-5-4-6-8-21)16-20-9-14-25(38-2)26(17-20)39-3/h4-17H,18H2,1-3H3,(H,31,37)(H,32,36)(H,33,34,35)/b24-16-. The minimum atomic E-state index is -0.522. The number of carbonyl (C=O) groups excluding carboxylic acids is 3. The van der Waals surface area contributed by atoms with E-state index in [4.69, 9.17) is 14.0 Å². The van der Waals surface area contributed by atoms with E-state index >= 15 is 0 Å². The van der Waals surface area contributed by atoms with Gasteiger partial charge < -0.3 is 29.9 Å². The van der Waals surface area contributed by atoms with E-state index in [0.717, 1.165) is 4.90 Å². The molecule has 0 aliphatic heterocycles. The van der Waals surface area contributed by atoms with Crippen LogP contribution in [0.2, 0.25) is 0 Å². The van der Waals surface area contributed by atoms with Crippen molar-refractivity contribution in [1.82, 2.24) is 10.5 Å². The predicted octanol–water partition coefficient (Wildman–Crippen LogP) is 5.14. The molecule has 1 heterocycles.